The van der Waals surface area contributed by atoms with Gasteiger partial charge >= 0.3 is 0 Å². The van der Waals surface area contributed by atoms with E-state index in [2.05, 4.69) is 22.3 Å². The van der Waals surface area contributed by atoms with Crippen LogP contribution in [-0.4, -0.2) is 54.5 Å². The Morgan fingerprint density at radius 2 is 1.67 bits per heavy atom. The van der Waals surface area contributed by atoms with Crippen molar-refractivity contribution in [2.24, 2.45) is 4.99 Å². The van der Waals surface area contributed by atoms with Gasteiger partial charge in [-0.15, -0.1) is 0 Å². The standard InChI is InChI=1S/C30H32N4O2/c1-33(2)30(36)23-13-16-26-25(19-23)27(29(35)32-26)28(22-9-5-3-6-10-22)31-24-14-11-21(12-15-24)20-34-17-7-4-8-18-34/h3,5-6,9-16,19,27H,4,7-8,17-18,20H2,1-2H3,(H,32,35). The highest BCUT2D eigenvalue weighted by Crippen LogP contribution is 2.37. The molecule has 1 atom stereocenters. The molecule has 2 aliphatic heterocycles. The second kappa shape index (κ2) is 10.5. The van der Waals surface area contributed by atoms with Gasteiger partial charge in [0.05, 0.1) is 11.4 Å². The molecule has 2 heterocycles. The number of carbonyl (C=O) groups is 2. The zero-order chi connectivity index (χ0) is 25.1. The predicted molar refractivity (Wildman–Crippen MR) is 144 cm³/mol. The Morgan fingerprint density at radius 1 is 0.944 bits per heavy atom. The van der Waals surface area contributed by atoms with Crippen LogP contribution in [0.25, 0.3) is 0 Å². The van der Waals surface area contributed by atoms with Crippen molar-refractivity contribution in [1.82, 2.24) is 9.80 Å². The Kier molecular flexibility index (Phi) is 6.96. The number of piperidine rings is 1. The summed E-state index contributed by atoms with van der Waals surface area (Å²) in [6.07, 6.45) is 3.88. The van der Waals surface area contributed by atoms with Gasteiger partial charge in [0.2, 0.25) is 5.91 Å². The van der Waals surface area contributed by atoms with Crippen molar-refractivity contribution in [3.63, 3.8) is 0 Å². The predicted octanol–water partition coefficient (Wildman–Crippen LogP) is 5.23. The molecular formula is C30H32N4O2. The molecule has 6 nitrogen and oxygen atoms in total. The third-order valence-corrected chi connectivity index (χ3v) is 6.92. The second-order valence-corrected chi connectivity index (χ2v) is 9.79. The van der Waals surface area contributed by atoms with Gasteiger partial charge in [0.15, 0.2) is 0 Å². The van der Waals surface area contributed by atoms with E-state index in [0.29, 0.717) is 11.3 Å². The van der Waals surface area contributed by atoms with Crippen LogP contribution in [0.5, 0.6) is 0 Å². The first-order valence-electron chi connectivity index (χ1n) is 12.6. The fourth-order valence-corrected chi connectivity index (χ4v) is 5.02. The highest BCUT2D eigenvalue weighted by atomic mass is 16.2. The number of anilines is 1. The van der Waals surface area contributed by atoms with Crippen molar-refractivity contribution >= 4 is 28.9 Å². The number of likely N-dealkylation sites (tertiary alicyclic amines) is 1. The first kappa shape index (κ1) is 23.9. The molecule has 0 aromatic heterocycles. The minimum absolute atomic E-state index is 0.0987. The maximum absolute atomic E-state index is 13.2. The normalized spacial score (nSPS) is 18.0. The molecule has 36 heavy (non-hydrogen) atoms. The van der Waals surface area contributed by atoms with Crippen molar-refractivity contribution in [2.45, 2.75) is 31.7 Å². The van der Waals surface area contributed by atoms with Crippen LogP contribution in [0.1, 0.15) is 52.2 Å². The molecule has 2 amide bonds. The molecule has 0 bridgehead atoms. The van der Waals surface area contributed by atoms with Crippen LogP contribution >= 0.6 is 0 Å². The number of rotatable bonds is 6. The summed E-state index contributed by atoms with van der Waals surface area (Å²) in [6.45, 7) is 3.27. The van der Waals surface area contributed by atoms with E-state index in [1.807, 2.05) is 54.6 Å². The van der Waals surface area contributed by atoms with Gasteiger partial charge in [0.1, 0.15) is 5.92 Å². The lowest BCUT2D eigenvalue weighted by Gasteiger charge is -2.26. The van der Waals surface area contributed by atoms with Crippen LogP contribution in [0, 0.1) is 0 Å². The van der Waals surface area contributed by atoms with Gasteiger partial charge < -0.3 is 10.2 Å². The maximum atomic E-state index is 13.2. The van der Waals surface area contributed by atoms with E-state index >= 15 is 0 Å². The van der Waals surface area contributed by atoms with Crippen LogP contribution in [0.3, 0.4) is 0 Å². The van der Waals surface area contributed by atoms with Crippen molar-refractivity contribution in [2.75, 3.05) is 32.5 Å². The Bertz CT molecular complexity index is 1280. The van der Waals surface area contributed by atoms with Crippen molar-refractivity contribution in [3.05, 3.63) is 95.1 Å². The molecular weight excluding hydrogens is 448 g/mol. The first-order chi connectivity index (χ1) is 17.5. The molecule has 0 radical (unpaired) electrons. The molecule has 6 heteroatoms. The molecule has 1 N–H and O–H groups in total. The van der Waals surface area contributed by atoms with Crippen LogP contribution in [-0.2, 0) is 11.3 Å². The average molecular weight is 481 g/mol. The summed E-state index contributed by atoms with van der Waals surface area (Å²) in [5, 5.41) is 2.98. The number of nitrogens with one attached hydrogen (secondary N) is 1. The third-order valence-electron chi connectivity index (χ3n) is 6.92. The summed E-state index contributed by atoms with van der Waals surface area (Å²) in [4.78, 5) is 34.9. The van der Waals surface area contributed by atoms with Gasteiger partial charge in [-0.05, 0) is 73.0 Å². The Hall–Kier alpha value is -3.77. The van der Waals surface area contributed by atoms with Crippen molar-refractivity contribution in [1.29, 1.82) is 0 Å². The summed E-state index contributed by atoms with van der Waals surface area (Å²) >= 11 is 0. The Balaban J connectivity index is 1.50. The largest absolute Gasteiger partial charge is 0.345 e. The maximum Gasteiger partial charge on any atom is 0.253 e. The van der Waals surface area contributed by atoms with E-state index in [-0.39, 0.29) is 11.8 Å². The number of fused-ring (bicyclic) bond motifs is 1. The number of benzene rings is 3. The zero-order valence-corrected chi connectivity index (χ0v) is 20.9. The van der Waals surface area contributed by atoms with Gasteiger partial charge in [-0.25, -0.2) is 0 Å². The molecule has 0 spiro atoms. The molecule has 3 aromatic rings. The van der Waals surface area contributed by atoms with E-state index in [9.17, 15) is 9.59 Å². The summed E-state index contributed by atoms with van der Waals surface area (Å²) in [7, 11) is 3.45. The van der Waals surface area contributed by atoms with E-state index in [1.54, 1.807) is 25.1 Å². The van der Waals surface area contributed by atoms with Gasteiger partial charge in [0.25, 0.3) is 5.91 Å². The second-order valence-electron chi connectivity index (χ2n) is 9.79. The fraction of sp³-hybridized carbons (Fsp3) is 0.300. The number of hydrogen-bond acceptors (Lipinski definition) is 4. The molecule has 2 aliphatic rings. The third kappa shape index (κ3) is 5.09. The van der Waals surface area contributed by atoms with Gasteiger partial charge in [-0.1, -0.05) is 48.9 Å². The highest BCUT2D eigenvalue weighted by molar-refractivity contribution is 6.24. The topological polar surface area (TPSA) is 65.0 Å². The van der Waals surface area contributed by atoms with Crippen LogP contribution < -0.4 is 5.32 Å². The fourth-order valence-electron chi connectivity index (χ4n) is 5.02. The molecule has 0 saturated carbocycles. The summed E-state index contributed by atoms with van der Waals surface area (Å²) in [5.74, 6) is -0.840. The van der Waals surface area contributed by atoms with Gasteiger partial charge in [0, 0.05) is 31.9 Å². The van der Waals surface area contributed by atoms with Crippen molar-refractivity contribution < 1.29 is 9.59 Å². The quantitative estimate of drug-likeness (QED) is 0.491. The SMILES string of the molecule is CN(C)C(=O)c1ccc2c(c1)C(C(=Nc1ccc(CN3CCCCC3)cc1)c1ccccc1)C(=O)N2. The molecule has 184 valence electrons. The Labute approximate surface area is 212 Å². The highest BCUT2D eigenvalue weighted by Gasteiger charge is 2.36. The molecule has 5 rings (SSSR count). The van der Waals surface area contributed by atoms with Crippen LogP contribution in [0.2, 0.25) is 0 Å². The lowest BCUT2D eigenvalue weighted by Crippen LogP contribution is -2.28. The minimum atomic E-state index is -0.606. The number of hydrogen-bond donors (Lipinski definition) is 1. The molecule has 0 aliphatic carbocycles. The summed E-state index contributed by atoms with van der Waals surface area (Å²) in [5.41, 5.74) is 5.68. The lowest BCUT2D eigenvalue weighted by molar-refractivity contribution is -0.115. The van der Waals surface area contributed by atoms with E-state index in [4.69, 9.17) is 4.99 Å². The Morgan fingerprint density at radius 3 is 2.36 bits per heavy atom. The van der Waals surface area contributed by atoms with E-state index < -0.39 is 5.92 Å². The number of aliphatic imine (C=N–C) groups is 1. The first-order valence-corrected chi connectivity index (χ1v) is 12.6. The summed E-state index contributed by atoms with van der Waals surface area (Å²) in [6, 6.07) is 23.5. The smallest absolute Gasteiger partial charge is 0.253 e. The molecule has 1 saturated heterocycles. The van der Waals surface area contributed by atoms with Gasteiger partial charge in [-0.2, -0.15) is 0 Å². The number of amides is 2. The van der Waals surface area contributed by atoms with E-state index in [1.165, 1.54) is 24.8 Å². The zero-order valence-electron chi connectivity index (χ0n) is 20.9. The molecule has 1 unspecified atom stereocenters. The van der Waals surface area contributed by atoms with Crippen LogP contribution in [0.15, 0.2) is 77.8 Å². The average Bonchev–Trinajstić information content (AvgIpc) is 3.23. The molecule has 3 aromatic carbocycles. The van der Waals surface area contributed by atoms with Crippen LogP contribution in [0.4, 0.5) is 11.4 Å². The number of nitrogens with zero attached hydrogens (tertiary/aromatic N) is 3. The number of carbonyl (C=O) groups excluding carboxylic acids is 2. The summed E-state index contributed by atoms with van der Waals surface area (Å²) < 4.78 is 0. The lowest BCUT2D eigenvalue weighted by atomic mass is 9.89. The molecule has 1 fully saturated rings. The minimum Gasteiger partial charge on any atom is -0.345 e. The van der Waals surface area contributed by atoms with E-state index in [0.717, 1.165) is 42.1 Å². The van der Waals surface area contributed by atoms with Crippen molar-refractivity contribution in [3.8, 4) is 0 Å². The van der Waals surface area contributed by atoms with Gasteiger partial charge in [-0.3, -0.25) is 19.5 Å². The monoisotopic (exact) mass is 480 g/mol.